The molecule has 1 heterocycles. The highest BCUT2D eigenvalue weighted by Gasteiger charge is 2.36. The number of carbonyl (C=O) groups is 1. The van der Waals surface area contributed by atoms with Crippen molar-refractivity contribution in [1.29, 1.82) is 0 Å². The van der Waals surface area contributed by atoms with Gasteiger partial charge < -0.3 is 10.2 Å². The van der Waals surface area contributed by atoms with Gasteiger partial charge in [0.15, 0.2) is 0 Å². The third-order valence-corrected chi connectivity index (χ3v) is 3.96. The Bertz CT molecular complexity index is 247. The lowest BCUT2D eigenvalue weighted by Crippen LogP contribution is -2.41. The predicted molar refractivity (Wildman–Crippen MR) is 61.0 cm³/mol. The molecule has 3 nitrogen and oxygen atoms in total. The summed E-state index contributed by atoms with van der Waals surface area (Å²) < 4.78 is 0. The van der Waals surface area contributed by atoms with Crippen LogP contribution in [0.5, 0.6) is 0 Å². The Balaban J connectivity index is 1.84. The van der Waals surface area contributed by atoms with E-state index in [1.54, 1.807) is 0 Å². The van der Waals surface area contributed by atoms with Gasteiger partial charge in [-0.3, -0.25) is 4.79 Å². The largest absolute Gasteiger partial charge is 0.352 e. The maximum atomic E-state index is 11.2. The minimum atomic E-state index is -0.0218. The summed E-state index contributed by atoms with van der Waals surface area (Å²) in [6.45, 7) is 2.43. The lowest BCUT2D eigenvalue weighted by Gasteiger charge is -2.31. The van der Waals surface area contributed by atoms with Crippen LogP contribution in [0.15, 0.2) is 0 Å². The van der Waals surface area contributed by atoms with Crippen LogP contribution in [0.3, 0.4) is 0 Å². The minimum absolute atomic E-state index is 0.0218. The number of alkyl halides is 1. The lowest BCUT2D eigenvalue weighted by molar-refractivity contribution is -0.119. The van der Waals surface area contributed by atoms with E-state index < -0.39 is 0 Å². The summed E-state index contributed by atoms with van der Waals surface area (Å²) in [5.41, 5.74) is 0. The standard InChI is InChI=1S/C11H19ClN2O/c1-14-6-8-2-3-10(4-9(8)7-14)13-11(15)5-12/h8-10H,2-7H2,1H3,(H,13,15). The SMILES string of the molecule is CN1CC2CCC(NC(=O)CCl)CC2C1. The first-order chi connectivity index (χ1) is 7.19. The highest BCUT2D eigenvalue weighted by molar-refractivity contribution is 6.27. The van der Waals surface area contributed by atoms with Gasteiger partial charge in [-0.15, -0.1) is 11.6 Å². The molecule has 0 aromatic heterocycles. The van der Waals surface area contributed by atoms with Crippen molar-refractivity contribution in [1.82, 2.24) is 10.2 Å². The second-order valence-corrected chi connectivity index (χ2v) is 5.22. The van der Waals surface area contributed by atoms with E-state index in [1.165, 1.54) is 19.5 Å². The van der Waals surface area contributed by atoms with E-state index in [9.17, 15) is 4.79 Å². The quantitative estimate of drug-likeness (QED) is 0.720. The number of hydrogen-bond donors (Lipinski definition) is 1. The Morgan fingerprint density at radius 1 is 1.40 bits per heavy atom. The summed E-state index contributed by atoms with van der Waals surface area (Å²) >= 11 is 5.49. The molecule has 2 aliphatic rings. The molecule has 2 fully saturated rings. The van der Waals surface area contributed by atoms with Crippen LogP contribution in [0.25, 0.3) is 0 Å². The zero-order valence-corrected chi connectivity index (χ0v) is 9.96. The second kappa shape index (κ2) is 4.71. The first kappa shape index (κ1) is 11.2. The van der Waals surface area contributed by atoms with Crippen molar-refractivity contribution in [2.45, 2.75) is 25.3 Å². The summed E-state index contributed by atoms with van der Waals surface area (Å²) in [5, 5.41) is 3.01. The molecule has 1 aliphatic carbocycles. The number of nitrogens with one attached hydrogen (secondary N) is 1. The Kier molecular flexibility index (Phi) is 3.52. The molecule has 1 aliphatic heterocycles. The average molecular weight is 231 g/mol. The summed E-state index contributed by atoms with van der Waals surface area (Å²) in [4.78, 5) is 13.6. The van der Waals surface area contributed by atoms with Crippen molar-refractivity contribution < 1.29 is 4.79 Å². The molecule has 3 atom stereocenters. The van der Waals surface area contributed by atoms with Crippen LogP contribution in [-0.4, -0.2) is 42.9 Å². The molecule has 1 saturated carbocycles. The molecule has 4 heteroatoms. The van der Waals surface area contributed by atoms with Gasteiger partial charge in [-0.25, -0.2) is 0 Å². The van der Waals surface area contributed by atoms with E-state index in [4.69, 9.17) is 11.6 Å². The number of hydrogen-bond acceptors (Lipinski definition) is 2. The van der Waals surface area contributed by atoms with Crippen molar-refractivity contribution in [3.63, 3.8) is 0 Å². The fourth-order valence-electron chi connectivity index (χ4n) is 3.06. The molecule has 3 unspecified atom stereocenters. The summed E-state index contributed by atoms with van der Waals surface area (Å²) in [6, 6.07) is 0.365. The van der Waals surface area contributed by atoms with Gasteiger partial charge in [0, 0.05) is 19.1 Å². The Labute approximate surface area is 96.2 Å². The van der Waals surface area contributed by atoms with E-state index in [0.29, 0.717) is 6.04 Å². The molecule has 15 heavy (non-hydrogen) atoms. The van der Waals surface area contributed by atoms with Gasteiger partial charge in [0.2, 0.25) is 5.91 Å². The van der Waals surface area contributed by atoms with Gasteiger partial charge in [-0.1, -0.05) is 0 Å². The number of amides is 1. The molecule has 0 aromatic carbocycles. The van der Waals surface area contributed by atoms with E-state index >= 15 is 0 Å². The first-order valence-electron chi connectivity index (χ1n) is 5.73. The lowest BCUT2D eigenvalue weighted by atomic mass is 9.79. The van der Waals surface area contributed by atoms with Crippen LogP contribution in [0.2, 0.25) is 0 Å². The van der Waals surface area contributed by atoms with Gasteiger partial charge in [-0.2, -0.15) is 0 Å². The van der Waals surface area contributed by atoms with Gasteiger partial charge in [-0.05, 0) is 38.1 Å². The van der Waals surface area contributed by atoms with Gasteiger partial charge in [0.1, 0.15) is 5.88 Å². The highest BCUT2D eigenvalue weighted by atomic mass is 35.5. The molecule has 0 radical (unpaired) electrons. The molecule has 1 saturated heterocycles. The van der Waals surface area contributed by atoms with Gasteiger partial charge in [0.05, 0.1) is 0 Å². The van der Waals surface area contributed by atoms with E-state index in [2.05, 4.69) is 17.3 Å². The topological polar surface area (TPSA) is 32.3 Å². The average Bonchev–Trinajstić information content (AvgIpc) is 2.57. The number of rotatable bonds is 2. The molecule has 1 amide bonds. The number of nitrogens with zero attached hydrogens (tertiary/aromatic N) is 1. The summed E-state index contributed by atoms with van der Waals surface area (Å²) in [5.74, 6) is 1.71. The number of carbonyl (C=O) groups excluding carboxylic acids is 1. The normalized spacial score (nSPS) is 36.3. The number of likely N-dealkylation sites (tertiary alicyclic amines) is 1. The van der Waals surface area contributed by atoms with Gasteiger partial charge >= 0.3 is 0 Å². The monoisotopic (exact) mass is 230 g/mol. The predicted octanol–water partition coefficient (Wildman–Crippen LogP) is 1.07. The Morgan fingerprint density at radius 3 is 2.87 bits per heavy atom. The smallest absolute Gasteiger partial charge is 0.235 e. The van der Waals surface area contributed by atoms with Crippen molar-refractivity contribution >= 4 is 17.5 Å². The highest BCUT2D eigenvalue weighted by Crippen LogP contribution is 2.35. The zero-order chi connectivity index (χ0) is 10.8. The first-order valence-corrected chi connectivity index (χ1v) is 6.26. The van der Waals surface area contributed by atoms with E-state index in [0.717, 1.165) is 24.7 Å². The second-order valence-electron chi connectivity index (χ2n) is 4.95. The van der Waals surface area contributed by atoms with Crippen LogP contribution in [0.1, 0.15) is 19.3 Å². The zero-order valence-electron chi connectivity index (χ0n) is 9.21. The molecular formula is C11H19ClN2O. The van der Waals surface area contributed by atoms with Crippen LogP contribution in [0.4, 0.5) is 0 Å². The maximum Gasteiger partial charge on any atom is 0.235 e. The van der Waals surface area contributed by atoms with Crippen molar-refractivity contribution in [2.24, 2.45) is 11.8 Å². The van der Waals surface area contributed by atoms with Crippen LogP contribution in [-0.2, 0) is 4.79 Å². The van der Waals surface area contributed by atoms with E-state index in [-0.39, 0.29) is 11.8 Å². The van der Waals surface area contributed by atoms with Crippen molar-refractivity contribution in [2.75, 3.05) is 26.0 Å². The Hall–Kier alpha value is -0.280. The third kappa shape index (κ3) is 2.64. The Morgan fingerprint density at radius 2 is 2.13 bits per heavy atom. The number of fused-ring (bicyclic) bond motifs is 1. The van der Waals surface area contributed by atoms with Crippen LogP contribution < -0.4 is 5.32 Å². The molecule has 0 bridgehead atoms. The summed E-state index contributed by atoms with van der Waals surface area (Å²) in [6.07, 6.45) is 3.51. The molecule has 86 valence electrons. The molecule has 1 N–H and O–H groups in total. The van der Waals surface area contributed by atoms with Crippen molar-refractivity contribution in [3.05, 3.63) is 0 Å². The fourth-order valence-corrected chi connectivity index (χ4v) is 3.14. The molecule has 2 rings (SSSR count). The minimum Gasteiger partial charge on any atom is -0.352 e. The van der Waals surface area contributed by atoms with Crippen molar-refractivity contribution in [3.8, 4) is 0 Å². The van der Waals surface area contributed by atoms with Gasteiger partial charge in [0.25, 0.3) is 0 Å². The molecule has 0 spiro atoms. The molecule has 0 aromatic rings. The maximum absolute atomic E-state index is 11.2. The van der Waals surface area contributed by atoms with Crippen LogP contribution in [0, 0.1) is 11.8 Å². The van der Waals surface area contributed by atoms with E-state index in [1.807, 2.05) is 0 Å². The summed E-state index contributed by atoms with van der Waals surface area (Å²) in [7, 11) is 2.19. The fraction of sp³-hybridized carbons (Fsp3) is 0.909. The third-order valence-electron chi connectivity index (χ3n) is 3.72. The molecular weight excluding hydrogens is 212 g/mol. The number of halogens is 1. The van der Waals surface area contributed by atoms with Crippen LogP contribution >= 0.6 is 11.6 Å².